The molecule has 0 fully saturated rings. The van der Waals surface area contributed by atoms with Crippen LogP contribution in [0.3, 0.4) is 0 Å². The molecule has 1 heterocycles. The number of pyridine rings is 1. The van der Waals surface area contributed by atoms with Crippen LogP contribution in [0.5, 0.6) is 5.75 Å². The number of nitrogens with zero attached hydrogens (tertiary/aromatic N) is 2. The third-order valence-electron chi connectivity index (χ3n) is 4.11. The molecule has 1 aromatic carbocycles. The number of carbonyl (C=O) groups excluding carboxylic acids is 1. The number of amides is 1. The Labute approximate surface area is 163 Å². The minimum absolute atomic E-state index is 0.105. The molecule has 0 radical (unpaired) electrons. The van der Waals surface area contributed by atoms with Crippen molar-refractivity contribution in [3.05, 3.63) is 54.1 Å². The zero-order valence-electron chi connectivity index (χ0n) is 15.7. The molecule has 2 N–H and O–H groups in total. The maximum atomic E-state index is 14.1. The Morgan fingerprint density at radius 2 is 2.07 bits per heavy atom. The summed E-state index contributed by atoms with van der Waals surface area (Å²) < 4.78 is 46.4. The number of carbonyl (C=O) groups is 1. The van der Waals surface area contributed by atoms with Crippen LogP contribution in [0.15, 0.2) is 47.6 Å². The Morgan fingerprint density at radius 3 is 2.57 bits per heavy atom. The SMILES string of the molecule is COc1ccc(S(=O)(=O)N(Cc2cccnc2)C(C(=O)NO)C(C)C)cc1F. The van der Waals surface area contributed by atoms with E-state index in [9.17, 15) is 17.6 Å². The molecule has 0 spiro atoms. The standard InChI is InChI=1S/C18H22FN3O5S/c1-12(2)17(18(23)21-24)22(11-13-5-4-8-20-10-13)28(25,26)14-6-7-16(27-3)15(19)9-14/h4-10,12,17,24H,11H2,1-3H3,(H,21,23). The van der Waals surface area contributed by atoms with E-state index in [1.165, 1.54) is 37.1 Å². The molecule has 0 saturated carbocycles. The minimum atomic E-state index is -4.31. The summed E-state index contributed by atoms with van der Waals surface area (Å²) in [4.78, 5) is 15.9. The van der Waals surface area contributed by atoms with Crippen molar-refractivity contribution in [2.75, 3.05) is 7.11 Å². The number of halogens is 1. The summed E-state index contributed by atoms with van der Waals surface area (Å²) in [6.45, 7) is 3.08. The maximum Gasteiger partial charge on any atom is 0.262 e. The van der Waals surface area contributed by atoms with E-state index in [-0.39, 0.29) is 17.2 Å². The maximum absolute atomic E-state index is 14.1. The van der Waals surface area contributed by atoms with Crippen LogP contribution in [0.1, 0.15) is 19.4 Å². The van der Waals surface area contributed by atoms with E-state index in [0.717, 1.165) is 10.4 Å². The van der Waals surface area contributed by atoms with Gasteiger partial charge in [0.25, 0.3) is 5.91 Å². The fraction of sp³-hybridized carbons (Fsp3) is 0.333. The summed E-state index contributed by atoms with van der Waals surface area (Å²) in [5.41, 5.74) is 2.04. The molecular formula is C18H22FN3O5S. The van der Waals surface area contributed by atoms with Crippen LogP contribution in [-0.2, 0) is 21.4 Å². The number of methoxy groups -OCH3 is 1. The highest BCUT2D eigenvalue weighted by Gasteiger charge is 2.38. The van der Waals surface area contributed by atoms with Crippen molar-refractivity contribution in [1.82, 2.24) is 14.8 Å². The van der Waals surface area contributed by atoms with Gasteiger partial charge in [-0.15, -0.1) is 0 Å². The van der Waals surface area contributed by atoms with E-state index in [1.54, 1.807) is 26.0 Å². The molecule has 0 saturated heterocycles. The predicted molar refractivity (Wildman–Crippen MR) is 98.5 cm³/mol. The van der Waals surface area contributed by atoms with Gasteiger partial charge in [0.15, 0.2) is 11.6 Å². The van der Waals surface area contributed by atoms with Crippen LogP contribution in [0, 0.1) is 11.7 Å². The van der Waals surface area contributed by atoms with Gasteiger partial charge in [-0.05, 0) is 35.7 Å². The molecule has 0 aliphatic carbocycles. The second kappa shape index (κ2) is 9.09. The topological polar surface area (TPSA) is 109 Å². The molecule has 1 aromatic heterocycles. The Bertz CT molecular complexity index is 922. The molecule has 1 amide bonds. The first kappa shape index (κ1) is 21.7. The summed E-state index contributed by atoms with van der Waals surface area (Å²) in [6, 6.07) is 5.27. The number of benzene rings is 1. The molecule has 0 bridgehead atoms. The van der Waals surface area contributed by atoms with Crippen LogP contribution in [-0.4, -0.2) is 42.0 Å². The zero-order valence-corrected chi connectivity index (χ0v) is 16.5. The second-order valence-electron chi connectivity index (χ2n) is 6.37. The Morgan fingerprint density at radius 1 is 1.36 bits per heavy atom. The number of rotatable bonds is 8. The minimum Gasteiger partial charge on any atom is -0.494 e. The van der Waals surface area contributed by atoms with E-state index in [4.69, 9.17) is 9.94 Å². The summed E-state index contributed by atoms with van der Waals surface area (Å²) in [5.74, 6) is -2.33. The molecule has 28 heavy (non-hydrogen) atoms. The third kappa shape index (κ3) is 4.64. The summed E-state index contributed by atoms with van der Waals surface area (Å²) >= 11 is 0. The van der Waals surface area contributed by atoms with Gasteiger partial charge in [0, 0.05) is 18.9 Å². The zero-order chi connectivity index (χ0) is 20.9. The number of aromatic nitrogens is 1. The third-order valence-corrected chi connectivity index (χ3v) is 5.93. The molecule has 1 unspecified atom stereocenters. The lowest BCUT2D eigenvalue weighted by Crippen LogP contribution is -2.51. The van der Waals surface area contributed by atoms with Crippen LogP contribution in [0.25, 0.3) is 0 Å². The van der Waals surface area contributed by atoms with Crippen molar-refractivity contribution >= 4 is 15.9 Å². The van der Waals surface area contributed by atoms with Gasteiger partial charge in [0.05, 0.1) is 12.0 Å². The van der Waals surface area contributed by atoms with Crippen molar-refractivity contribution in [2.24, 2.45) is 5.92 Å². The fourth-order valence-corrected chi connectivity index (χ4v) is 4.50. The van der Waals surface area contributed by atoms with Crippen molar-refractivity contribution < 1.29 is 27.5 Å². The first-order valence-electron chi connectivity index (χ1n) is 8.40. The quantitative estimate of drug-likeness (QED) is 0.508. The Kier molecular flexibility index (Phi) is 7.05. The molecule has 152 valence electrons. The van der Waals surface area contributed by atoms with Gasteiger partial charge in [-0.3, -0.25) is 15.0 Å². The highest BCUT2D eigenvalue weighted by molar-refractivity contribution is 7.89. The molecule has 10 heteroatoms. The van der Waals surface area contributed by atoms with Crippen LogP contribution in [0.4, 0.5) is 4.39 Å². The summed E-state index contributed by atoms with van der Waals surface area (Å²) in [6.07, 6.45) is 2.99. The van der Waals surface area contributed by atoms with E-state index in [2.05, 4.69) is 4.98 Å². The fourth-order valence-electron chi connectivity index (χ4n) is 2.78. The summed E-state index contributed by atoms with van der Waals surface area (Å²) in [5, 5.41) is 9.11. The monoisotopic (exact) mass is 411 g/mol. The molecule has 2 aromatic rings. The van der Waals surface area contributed by atoms with Crippen molar-refractivity contribution in [1.29, 1.82) is 0 Å². The molecule has 0 aliphatic heterocycles. The van der Waals surface area contributed by atoms with Crippen LogP contribution < -0.4 is 10.2 Å². The lowest BCUT2D eigenvalue weighted by atomic mass is 10.0. The van der Waals surface area contributed by atoms with Gasteiger partial charge in [-0.2, -0.15) is 4.31 Å². The van der Waals surface area contributed by atoms with Gasteiger partial charge in [-0.1, -0.05) is 19.9 Å². The predicted octanol–water partition coefficient (Wildman–Crippen LogP) is 1.95. The molecular weight excluding hydrogens is 389 g/mol. The van der Waals surface area contributed by atoms with E-state index < -0.39 is 33.7 Å². The van der Waals surface area contributed by atoms with Gasteiger partial charge < -0.3 is 4.74 Å². The van der Waals surface area contributed by atoms with Gasteiger partial charge in [-0.25, -0.2) is 18.3 Å². The number of nitrogens with one attached hydrogen (secondary N) is 1. The Hall–Kier alpha value is -2.56. The van der Waals surface area contributed by atoms with E-state index in [0.29, 0.717) is 5.56 Å². The molecule has 0 aliphatic rings. The normalized spacial score (nSPS) is 12.8. The van der Waals surface area contributed by atoms with Gasteiger partial charge in [0.1, 0.15) is 6.04 Å². The number of sulfonamides is 1. The van der Waals surface area contributed by atoms with Crippen molar-refractivity contribution in [2.45, 2.75) is 31.3 Å². The van der Waals surface area contributed by atoms with Gasteiger partial charge in [0.2, 0.25) is 10.0 Å². The van der Waals surface area contributed by atoms with Crippen molar-refractivity contribution in [3.8, 4) is 5.75 Å². The van der Waals surface area contributed by atoms with E-state index in [1.807, 2.05) is 0 Å². The lowest BCUT2D eigenvalue weighted by Gasteiger charge is -2.32. The Balaban J connectivity index is 2.58. The van der Waals surface area contributed by atoms with E-state index >= 15 is 0 Å². The molecule has 8 nitrogen and oxygen atoms in total. The first-order valence-corrected chi connectivity index (χ1v) is 9.84. The second-order valence-corrected chi connectivity index (χ2v) is 8.26. The molecule has 2 rings (SSSR count). The first-order chi connectivity index (χ1) is 13.2. The lowest BCUT2D eigenvalue weighted by molar-refractivity contribution is -0.134. The number of ether oxygens (including phenoxy) is 1. The highest BCUT2D eigenvalue weighted by atomic mass is 32.2. The van der Waals surface area contributed by atoms with Crippen LogP contribution in [0.2, 0.25) is 0 Å². The highest BCUT2D eigenvalue weighted by Crippen LogP contribution is 2.27. The van der Waals surface area contributed by atoms with Gasteiger partial charge >= 0.3 is 0 Å². The average Bonchev–Trinajstić information content (AvgIpc) is 2.67. The smallest absolute Gasteiger partial charge is 0.262 e. The van der Waals surface area contributed by atoms with Crippen molar-refractivity contribution in [3.63, 3.8) is 0 Å². The largest absolute Gasteiger partial charge is 0.494 e. The number of hydrogen-bond acceptors (Lipinski definition) is 6. The molecule has 1 atom stereocenters. The number of hydroxylamine groups is 1. The number of hydrogen-bond donors (Lipinski definition) is 2. The average molecular weight is 411 g/mol. The summed E-state index contributed by atoms with van der Waals surface area (Å²) in [7, 11) is -3.04. The van der Waals surface area contributed by atoms with Crippen LogP contribution >= 0.6 is 0 Å².